The van der Waals surface area contributed by atoms with Crippen molar-refractivity contribution in [3.05, 3.63) is 76.0 Å². The van der Waals surface area contributed by atoms with Crippen molar-refractivity contribution in [1.82, 2.24) is 9.13 Å². The van der Waals surface area contributed by atoms with Gasteiger partial charge >= 0.3 is 74.2 Å². The van der Waals surface area contributed by atoms with Crippen LogP contribution in [0.4, 0.5) is 0 Å². The van der Waals surface area contributed by atoms with E-state index in [1.807, 2.05) is 20.3 Å². The Kier molecular flexibility index (Phi) is 28.1. The zero-order chi connectivity index (χ0) is 34.6. The van der Waals surface area contributed by atoms with Crippen LogP contribution in [-0.2, 0) is 36.8 Å². The van der Waals surface area contributed by atoms with E-state index in [0.29, 0.717) is 43.0 Å². The number of rotatable bonds is 6. The van der Waals surface area contributed by atoms with Crippen molar-refractivity contribution in [3.63, 3.8) is 0 Å². The first-order chi connectivity index (χ1) is 21.3. The van der Waals surface area contributed by atoms with E-state index in [4.69, 9.17) is 18.9 Å². The van der Waals surface area contributed by atoms with Gasteiger partial charge in [0.05, 0.1) is 45.0 Å². The average Bonchev–Trinajstić information content (AvgIpc) is 3.56. The number of nitrogens with zero attached hydrogens (tertiary/aromatic N) is 2. The maximum atomic E-state index is 11.8. The quantitative estimate of drug-likeness (QED) is 0.118. The largest absolute Gasteiger partial charge is 2.00 e. The van der Waals surface area contributed by atoms with E-state index in [1.165, 1.54) is 28.4 Å². The molecular weight excluding hydrogens is 1240 g/mol. The summed E-state index contributed by atoms with van der Waals surface area (Å²) < 4.78 is 24.9. The van der Waals surface area contributed by atoms with Crippen molar-refractivity contribution in [2.45, 2.75) is 20.1 Å². The Morgan fingerprint density at radius 2 is 1.27 bits per heavy atom. The monoisotopic (exact) mass is 1280 g/mol. The van der Waals surface area contributed by atoms with Gasteiger partial charge in [0, 0.05) is 41.9 Å². The number of hydrogen-bond acceptors (Lipinski definition) is 8. The Morgan fingerprint density at radius 1 is 0.833 bits per heavy atom. The summed E-state index contributed by atoms with van der Waals surface area (Å²) in [7, 11) is 10.9. The molecule has 0 aliphatic carbocycles. The van der Waals surface area contributed by atoms with Crippen molar-refractivity contribution in [3.8, 4) is 11.5 Å². The Hall–Kier alpha value is -0.0961. The van der Waals surface area contributed by atoms with Crippen molar-refractivity contribution >= 4 is 82.8 Å². The maximum Gasteiger partial charge on any atom is 2.00 e. The molecule has 48 heavy (non-hydrogen) atoms. The number of aliphatic hydroxyl groups excluding tert-OH is 2. The number of carbonyl (C=O) groups excluding carboxylic acids is 2. The van der Waals surface area contributed by atoms with Crippen LogP contribution in [0.2, 0.25) is 0 Å². The number of esters is 2. The maximum absolute atomic E-state index is 11.8. The molecule has 0 amide bonds. The second kappa shape index (κ2) is 25.8. The number of aromatic nitrogens is 2. The van der Waals surface area contributed by atoms with E-state index in [9.17, 15) is 19.8 Å². The van der Waals surface area contributed by atoms with Crippen LogP contribution in [0.15, 0.2) is 21.1 Å². The van der Waals surface area contributed by atoms with Crippen LogP contribution in [0.3, 0.4) is 0 Å². The summed E-state index contributed by atoms with van der Waals surface area (Å²) in [5.41, 5.74) is 4.55. The summed E-state index contributed by atoms with van der Waals surface area (Å²) in [6.45, 7) is 12.7. The molecule has 2 aromatic carbocycles. The number of carbonyl (C=O) groups is 2. The van der Waals surface area contributed by atoms with E-state index < -0.39 is 11.9 Å². The number of fused-ring (bicyclic) bond motifs is 2. The van der Waals surface area contributed by atoms with Crippen LogP contribution in [0, 0.1) is 96.0 Å². The van der Waals surface area contributed by atoms with E-state index in [0.717, 1.165) is 44.5 Å². The zero-order valence-corrected chi connectivity index (χ0v) is 42.5. The molecule has 0 radical (unpaired) electrons. The fourth-order valence-corrected chi connectivity index (χ4v) is 5.90. The second-order valence-electron chi connectivity index (χ2n) is 9.11. The van der Waals surface area contributed by atoms with Gasteiger partial charge in [0.15, 0.2) is 0 Å². The van der Waals surface area contributed by atoms with Gasteiger partial charge < -0.3 is 59.1 Å². The Balaban J connectivity index is -0.000000688. The number of benzene rings is 2. The summed E-state index contributed by atoms with van der Waals surface area (Å²) in [5, 5.41) is 20.6. The van der Waals surface area contributed by atoms with Gasteiger partial charge in [0.2, 0.25) is 0 Å². The third-order valence-electron chi connectivity index (χ3n) is 6.52. The van der Waals surface area contributed by atoms with Crippen molar-refractivity contribution in [2.75, 3.05) is 41.8 Å². The fourth-order valence-electron chi connectivity index (χ4n) is 4.41. The topological polar surface area (TPSA) is 121 Å². The van der Waals surface area contributed by atoms with Gasteiger partial charge in [0.25, 0.3) is 0 Å². The molecule has 0 spiro atoms. The Bertz CT molecular complexity index is 1630. The van der Waals surface area contributed by atoms with Gasteiger partial charge in [-0.3, -0.25) is 17.2 Å². The molecule has 10 nitrogen and oxygen atoms in total. The summed E-state index contributed by atoms with van der Waals surface area (Å²) in [6.07, 6.45) is 0. The number of aliphatic hydroxyl groups is 2. The van der Waals surface area contributed by atoms with Gasteiger partial charge in [-0.25, -0.2) is 9.59 Å². The first kappa shape index (κ1) is 52.3. The van der Waals surface area contributed by atoms with Gasteiger partial charge in [0.1, 0.15) is 17.1 Å². The number of ether oxygens (including phenoxy) is 4. The third-order valence-corrected chi connectivity index (χ3v) is 8.17. The van der Waals surface area contributed by atoms with Crippen molar-refractivity contribution in [1.29, 1.82) is 0 Å². The van der Waals surface area contributed by atoms with Gasteiger partial charge in [-0.2, -0.15) is 0 Å². The van der Waals surface area contributed by atoms with Crippen molar-refractivity contribution in [2.24, 2.45) is 14.1 Å². The van der Waals surface area contributed by atoms with Crippen LogP contribution in [0.5, 0.6) is 11.5 Å². The van der Waals surface area contributed by atoms with Crippen LogP contribution in [0.25, 0.3) is 21.8 Å². The molecule has 2 atom stereocenters. The molecule has 2 unspecified atom stereocenters. The number of halogens is 2. The number of methoxy groups -OCH3 is 4. The van der Waals surface area contributed by atoms with E-state index >= 15 is 0 Å². The molecule has 0 saturated carbocycles. The fraction of sp³-hybridized carbons (Fsp3) is 0.344. The Labute approximate surface area is 352 Å². The van der Waals surface area contributed by atoms with E-state index in [2.05, 4.69) is 51.3 Å². The summed E-state index contributed by atoms with van der Waals surface area (Å²) in [6, 6.07) is 6.54. The third kappa shape index (κ3) is 12.0. The van der Waals surface area contributed by atoms with E-state index in [1.54, 1.807) is 35.4 Å². The molecule has 2 N–H and O–H groups in total. The van der Waals surface area contributed by atoms with Crippen molar-refractivity contribution < 1.29 is 101 Å². The van der Waals surface area contributed by atoms with Gasteiger partial charge in [-0.05, 0) is 37.9 Å². The predicted octanol–water partition coefficient (Wildman–Crippen LogP) is 7.19. The normalized spacial score (nSPS) is 10.1. The molecule has 0 saturated heterocycles. The number of hydrogen-bond donors (Lipinski definition) is 2. The van der Waals surface area contributed by atoms with Crippen LogP contribution in [-0.4, -0.2) is 73.1 Å². The summed E-state index contributed by atoms with van der Waals surface area (Å²) in [4.78, 5) is 23.5. The molecule has 0 aliphatic heterocycles. The second-order valence-corrected chi connectivity index (χ2v) is 12.1. The minimum absolute atomic E-state index is 0. The summed E-state index contributed by atoms with van der Waals surface area (Å²) in [5.74, 6) is 0.192. The first-order valence-corrected chi connectivity index (χ1v) is 18.2. The molecule has 0 bridgehead atoms. The molecule has 4 rings (SSSR count). The zero-order valence-electron chi connectivity index (χ0n) is 29.0. The standard InChI is InChI=1S/C14H16NO4.C13H13Br2NO4.2C2H6P.CH3.2U/c1-8-9-5-12(14(17)19-4)15(2)11(9)6-13(18-3)10(8)7-16;1-16-8(13(18)20-3)4-6-9(14)7(5-17)12(19-2)10(15)11(6)16;2*1-3-2;;;/h5,16H,7H2,1-4H3;4,17H,5H2,1-3H3;2*3H,1H2,2H3;1H3;;/q-1;;3*-1;2*+2. The average molecular weight is 1280 g/mol. The van der Waals surface area contributed by atoms with E-state index in [-0.39, 0.29) is 82.9 Å². The van der Waals surface area contributed by atoms with Gasteiger partial charge in [-0.15, -0.1) is 17.0 Å². The van der Waals surface area contributed by atoms with Gasteiger partial charge in [-0.1, -0.05) is 37.4 Å². The van der Waals surface area contributed by atoms with Crippen LogP contribution >= 0.6 is 49.0 Å². The first-order valence-electron chi connectivity index (χ1n) is 13.2. The minimum atomic E-state index is -0.424. The minimum Gasteiger partial charge on any atom is -0.522 e. The molecule has 2 aromatic heterocycles. The molecule has 2 heterocycles. The smallest absolute Gasteiger partial charge is 0.522 e. The molecule has 0 fully saturated rings. The molecule has 16 heteroatoms. The summed E-state index contributed by atoms with van der Waals surface area (Å²) >= 11 is 6.93. The number of aryl methyl sites for hydroxylation is 3. The SMILES string of the molecule is COC(=O)c1cc2c(Br)c(CO)c(OC)c(Br)c2n1C.COC(=O)c1cc2c(C)c(CO)c(OC)[c-]c2n1C.[CH2-]PC.[CH2-]PC.[CH3-].[U+2].[U+2]. The Morgan fingerprint density at radius 3 is 1.67 bits per heavy atom. The van der Waals surface area contributed by atoms with Crippen LogP contribution < -0.4 is 9.47 Å². The molecule has 4 aromatic rings. The predicted molar refractivity (Wildman–Crippen MR) is 198 cm³/mol. The molecule has 262 valence electrons. The molecule has 0 aliphatic rings. The molecular formula is C32H44Br2N2O8P2U2. The van der Waals surface area contributed by atoms with Crippen LogP contribution in [0.1, 0.15) is 37.7 Å².